The number of pyridine rings is 1. The Kier molecular flexibility index (Phi) is 1.86. The molecule has 0 spiro atoms. The van der Waals surface area contributed by atoms with E-state index in [0.29, 0.717) is 0 Å². The highest BCUT2D eigenvalue weighted by Gasteiger charge is 2.13. The van der Waals surface area contributed by atoms with E-state index < -0.39 is 0 Å². The maximum absolute atomic E-state index is 5.52. The van der Waals surface area contributed by atoms with Gasteiger partial charge in [0, 0.05) is 6.20 Å². The molecule has 3 nitrogen and oxygen atoms in total. The third kappa shape index (κ3) is 1.11. The molecule has 64 valence electrons. The van der Waals surface area contributed by atoms with Gasteiger partial charge in [-0.05, 0) is 18.1 Å². The number of hydrogen-bond acceptors (Lipinski definition) is 3. The molecule has 1 aliphatic rings. The van der Waals surface area contributed by atoms with Crippen molar-refractivity contribution in [3.05, 3.63) is 17.8 Å². The third-order valence-electron chi connectivity index (χ3n) is 2.01. The fourth-order valence-corrected chi connectivity index (χ4v) is 1.38. The molecular weight excluding hydrogens is 152 g/mol. The van der Waals surface area contributed by atoms with Crippen molar-refractivity contribution < 1.29 is 4.74 Å². The Morgan fingerprint density at radius 3 is 3.42 bits per heavy atom. The summed E-state index contributed by atoms with van der Waals surface area (Å²) in [6.07, 6.45) is 2.81. The first-order chi connectivity index (χ1) is 5.92. The van der Waals surface area contributed by atoms with Gasteiger partial charge >= 0.3 is 0 Å². The molecule has 0 saturated carbocycles. The lowest BCUT2D eigenvalue weighted by molar-refractivity contribution is 0.318. The second-order valence-electron chi connectivity index (χ2n) is 2.78. The number of hydrogen-bond donors (Lipinski definition) is 1. The minimum absolute atomic E-state index is 0.742. The Hall–Kier alpha value is -1.25. The normalized spacial score (nSPS) is 14.4. The molecule has 0 fully saturated rings. The summed E-state index contributed by atoms with van der Waals surface area (Å²) in [5, 5.41) is 3.20. The van der Waals surface area contributed by atoms with Crippen molar-refractivity contribution in [2.24, 2.45) is 0 Å². The summed E-state index contributed by atoms with van der Waals surface area (Å²) < 4.78 is 5.52. The van der Waals surface area contributed by atoms with Crippen LogP contribution in [0.1, 0.15) is 12.5 Å². The van der Waals surface area contributed by atoms with Crippen LogP contribution in [0.2, 0.25) is 0 Å². The molecule has 0 aromatic carbocycles. The average molecular weight is 164 g/mol. The van der Waals surface area contributed by atoms with E-state index in [1.165, 1.54) is 5.56 Å². The molecule has 2 heterocycles. The standard InChI is InChI=1S/C9H12N2O/c1-2-7-3-4-10-9-8(7)12-6-5-11-9/h3-4H,2,5-6H2,1H3,(H,10,11). The van der Waals surface area contributed by atoms with Gasteiger partial charge < -0.3 is 10.1 Å². The summed E-state index contributed by atoms with van der Waals surface area (Å²) in [4.78, 5) is 4.19. The Bertz CT molecular complexity index is 272. The van der Waals surface area contributed by atoms with Crippen molar-refractivity contribution in [2.75, 3.05) is 18.5 Å². The van der Waals surface area contributed by atoms with Crippen molar-refractivity contribution in [3.63, 3.8) is 0 Å². The summed E-state index contributed by atoms with van der Waals surface area (Å²) in [5.74, 6) is 1.83. The maximum atomic E-state index is 5.52. The molecule has 0 radical (unpaired) electrons. The first-order valence-corrected chi connectivity index (χ1v) is 4.26. The van der Waals surface area contributed by atoms with Crippen molar-refractivity contribution in [2.45, 2.75) is 13.3 Å². The highest BCUT2D eigenvalue weighted by atomic mass is 16.5. The molecule has 1 aliphatic heterocycles. The average Bonchev–Trinajstić information content (AvgIpc) is 2.17. The molecule has 1 aromatic heterocycles. The van der Waals surface area contributed by atoms with Crippen molar-refractivity contribution in [1.29, 1.82) is 0 Å². The van der Waals surface area contributed by atoms with E-state index in [0.717, 1.165) is 31.1 Å². The van der Waals surface area contributed by atoms with E-state index in [9.17, 15) is 0 Å². The first-order valence-electron chi connectivity index (χ1n) is 4.26. The third-order valence-corrected chi connectivity index (χ3v) is 2.01. The van der Waals surface area contributed by atoms with Gasteiger partial charge in [-0.15, -0.1) is 0 Å². The predicted octanol–water partition coefficient (Wildman–Crippen LogP) is 1.45. The molecule has 0 bridgehead atoms. The van der Waals surface area contributed by atoms with E-state index in [2.05, 4.69) is 17.2 Å². The largest absolute Gasteiger partial charge is 0.488 e. The zero-order valence-corrected chi connectivity index (χ0v) is 7.13. The van der Waals surface area contributed by atoms with Crippen molar-refractivity contribution >= 4 is 5.82 Å². The van der Waals surface area contributed by atoms with Crippen LogP contribution in [-0.4, -0.2) is 18.1 Å². The Balaban J connectivity index is 2.44. The number of fused-ring (bicyclic) bond motifs is 1. The number of nitrogens with one attached hydrogen (secondary N) is 1. The molecule has 2 rings (SSSR count). The quantitative estimate of drug-likeness (QED) is 0.682. The Morgan fingerprint density at radius 2 is 2.58 bits per heavy atom. The fraction of sp³-hybridized carbons (Fsp3) is 0.444. The van der Waals surface area contributed by atoms with E-state index in [4.69, 9.17) is 4.74 Å². The molecule has 0 unspecified atom stereocenters. The zero-order valence-electron chi connectivity index (χ0n) is 7.13. The van der Waals surface area contributed by atoms with E-state index in [-0.39, 0.29) is 0 Å². The number of aromatic nitrogens is 1. The van der Waals surface area contributed by atoms with Crippen LogP contribution < -0.4 is 10.1 Å². The summed E-state index contributed by atoms with van der Waals surface area (Å²) in [6, 6.07) is 2.01. The van der Waals surface area contributed by atoms with Crippen LogP contribution in [0, 0.1) is 0 Å². The fourth-order valence-electron chi connectivity index (χ4n) is 1.38. The van der Waals surface area contributed by atoms with E-state index in [1.54, 1.807) is 0 Å². The van der Waals surface area contributed by atoms with Gasteiger partial charge in [-0.3, -0.25) is 0 Å². The predicted molar refractivity (Wildman–Crippen MR) is 47.6 cm³/mol. The lowest BCUT2D eigenvalue weighted by Gasteiger charge is -2.19. The van der Waals surface area contributed by atoms with Crippen LogP contribution in [-0.2, 0) is 6.42 Å². The van der Waals surface area contributed by atoms with Crippen molar-refractivity contribution in [1.82, 2.24) is 4.98 Å². The number of rotatable bonds is 1. The Morgan fingerprint density at radius 1 is 1.67 bits per heavy atom. The highest BCUT2D eigenvalue weighted by Crippen LogP contribution is 2.28. The molecule has 0 amide bonds. The summed E-state index contributed by atoms with van der Waals surface area (Å²) in [7, 11) is 0. The molecule has 0 aliphatic carbocycles. The minimum atomic E-state index is 0.742. The van der Waals surface area contributed by atoms with Gasteiger partial charge in [0.2, 0.25) is 0 Å². The molecule has 1 aromatic rings. The number of ether oxygens (including phenoxy) is 1. The van der Waals surface area contributed by atoms with Crippen LogP contribution in [0.15, 0.2) is 12.3 Å². The smallest absolute Gasteiger partial charge is 0.169 e. The molecule has 12 heavy (non-hydrogen) atoms. The van der Waals surface area contributed by atoms with Gasteiger partial charge in [0.15, 0.2) is 11.6 Å². The SMILES string of the molecule is CCc1ccnc2c1OCCN2. The second-order valence-corrected chi connectivity index (χ2v) is 2.78. The molecule has 1 N–H and O–H groups in total. The summed E-state index contributed by atoms with van der Waals surface area (Å²) in [5.41, 5.74) is 1.23. The summed E-state index contributed by atoms with van der Waals surface area (Å²) in [6.45, 7) is 3.71. The van der Waals surface area contributed by atoms with Gasteiger partial charge in [-0.2, -0.15) is 0 Å². The summed E-state index contributed by atoms with van der Waals surface area (Å²) >= 11 is 0. The van der Waals surface area contributed by atoms with Crippen LogP contribution in [0.4, 0.5) is 5.82 Å². The van der Waals surface area contributed by atoms with Crippen LogP contribution in [0.25, 0.3) is 0 Å². The number of aryl methyl sites for hydroxylation is 1. The monoisotopic (exact) mass is 164 g/mol. The topological polar surface area (TPSA) is 34.1 Å². The second kappa shape index (κ2) is 3.01. The van der Waals surface area contributed by atoms with Gasteiger partial charge in [-0.25, -0.2) is 4.98 Å². The first kappa shape index (κ1) is 7.40. The van der Waals surface area contributed by atoms with Crippen molar-refractivity contribution in [3.8, 4) is 5.75 Å². The highest BCUT2D eigenvalue weighted by molar-refractivity contribution is 5.55. The molecule has 3 heteroatoms. The van der Waals surface area contributed by atoms with Crippen LogP contribution >= 0.6 is 0 Å². The van der Waals surface area contributed by atoms with Gasteiger partial charge in [0.05, 0.1) is 6.54 Å². The number of anilines is 1. The van der Waals surface area contributed by atoms with Gasteiger partial charge in [0.25, 0.3) is 0 Å². The van der Waals surface area contributed by atoms with E-state index in [1.807, 2.05) is 12.3 Å². The zero-order chi connectivity index (χ0) is 8.39. The van der Waals surface area contributed by atoms with Crippen LogP contribution in [0.3, 0.4) is 0 Å². The molecular formula is C9H12N2O. The minimum Gasteiger partial charge on any atom is -0.488 e. The lowest BCUT2D eigenvalue weighted by atomic mass is 10.2. The van der Waals surface area contributed by atoms with E-state index >= 15 is 0 Å². The Labute approximate surface area is 71.8 Å². The number of nitrogens with zero attached hydrogens (tertiary/aromatic N) is 1. The van der Waals surface area contributed by atoms with Gasteiger partial charge in [-0.1, -0.05) is 6.92 Å². The molecule has 0 atom stereocenters. The lowest BCUT2D eigenvalue weighted by Crippen LogP contribution is -2.19. The molecule has 0 saturated heterocycles. The van der Waals surface area contributed by atoms with Crippen LogP contribution in [0.5, 0.6) is 5.75 Å². The maximum Gasteiger partial charge on any atom is 0.169 e. The van der Waals surface area contributed by atoms with Gasteiger partial charge in [0.1, 0.15) is 6.61 Å².